The number of hydrogen-bond acceptors (Lipinski definition) is 6. The van der Waals surface area contributed by atoms with Crippen molar-refractivity contribution in [2.45, 2.75) is 9.92 Å². The summed E-state index contributed by atoms with van der Waals surface area (Å²) in [6.07, 6.45) is 0. The van der Waals surface area contributed by atoms with E-state index in [4.69, 9.17) is 9.15 Å². The van der Waals surface area contributed by atoms with Crippen molar-refractivity contribution in [1.29, 1.82) is 0 Å². The third kappa shape index (κ3) is 3.23. The van der Waals surface area contributed by atoms with E-state index >= 15 is 0 Å². The number of sulfone groups is 1. The van der Waals surface area contributed by atoms with Crippen molar-refractivity contribution in [3.63, 3.8) is 0 Å². The van der Waals surface area contributed by atoms with Gasteiger partial charge in [0.25, 0.3) is 0 Å². The predicted molar refractivity (Wildman–Crippen MR) is 94.7 cm³/mol. The van der Waals surface area contributed by atoms with Gasteiger partial charge in [0.15, 0.2) is 0 Å². The molecule has 2 aromatic carbocycles. The van der Waals surface area contributed by atoms with Gasteiger partial charge in [-0.2, -0.15) is 4.98 Å². The van der Waals surface area contributed by atoms with Crippen molar-refractivity contribution < 1.29 is 17.6 Å². The minimum Gasteiger partial charge on any atom is -0.497 e. The second-order valence-electron chi connectivity index (χ2n) is 5.57. The highest BCUT2D eigenvalue weighted by Gasteiger charge is 2.29. The van der Waals surface area contributed by atoms with E-state index in [9.17, 15) is 8.42 Å². The SMILES string of the molecule is COc1cccc(-c2nc(S(=O)(=O)c3ccccc3)c(N(C)C)o2)c1. The first-order valence-electron chi connectivity index (χ1n) is 7.56. The number of aromatic nitrogens is 1. The molecule has 0 unspecified atom stereocenters. The third-order valence-electron chi connectivity index (χ3n) is 3.61. The van der Waals surface area contributed by atoms with Crippen molar-refractivity contribution >= 4 is 15.7 Å². The van der Waals surface area contributed by atoms with E-state index in [1.54, 1.807) is 68.6 Å². The van der Waals surface area contributed by atoms with Crippen LogP contribution in [-0.2, 0) is 9.84 Å². The van der Waals surface area contributed by atoms with Crippen molar-refractivity contribution in [2.75, 3.05) is 26.1 Å². The quantitative estimate of drug-likeness (QED) is 0.697. The number of oxazole rings is 1. The first-order valence-corrected chi connectivity index (χ1v) is 9.04. The molecule has 0 aliphatic heterocycles. The summed E-state index contributed by atoms with van der Waals surface area (Å²) in [5, 5.41) is -0.110. The maximum absolute atomic E-state index is 13.0. The summed E-state index contributed by atoms with van der Waals surface area (Å²) in [6, 6.07) is 15.3. The predicted octanol–water partition coefficient (Wildman–Crippen LogP) is 3.25. The first kappa shape index (κ1) is 17.0. The smallest absolute Gasteiger partial charge is 0.235 e. The molecule has 0 aliphatic rings. The van der Waals surface area contributed by atoms with Crippen LogP contribution in [0.1, 0.15) is 0 Å². The van der Waals surface area contributed by atoms with Gasteiger partial charge < -0.3 is 14.1 Å². The monoisotopic (exact) mass is 358 g/mol. The van der Waals surface area contributed by atoms with E-state index in [1.165, 1.54) is 12.1 Å². The second kappa shape index (κ2) is 6.60. The van der Waals surface area contributed by atoms with Gasteiger partial charge in [0, 0.05) is 19.7 Å². The molecule has 0 amide bonds. The standard InChI is InChI=1S/C18H18N2O4S/c1-20(2)18-17(25(21,22)15-10-5-4-6-11-15)19-16(24-18)13-8-7-9-14(12-13)23-3/h4-12H,1-3H3. The number of anilines is 1. The Labute approximate surface area is 146 Å². The molecule has 0 saturated heterocycles. The summed E-state index contributed by atoms with van der Waals surface area (Å²) in [7, 11) is 1.18. The fourth-order valence-corrected chi connectivity index (χ4v) is 3.74. The largest absolute Gasteiger partial charge is 0.497 e. The summed E-state index contributed by atoms with van der Waals surface area (Å²) in [5.41, 5.74) is 0.636. The minimum absolute atomic E-state index is 0.110. The Morgan fingerprint density at radius 2 is 1.76 bits per heavy atom. The third-order valence-corrected chi connectivity index (χ3v) is 5.28. The number of rotatable bonds is 5. The first-order chi connectivity index (χ1) is 11.9. The van der Waals surface area contributed by atoms with Crippen LogP contribution in [0.2, 0.25) is 0 Å². The van der Waals surface area contributed by atoms with Crippen LogP contribution >= 0.6 is 0 Å². The highest BCUT2D eigenvalue weighted by molar-refractivity contribution is 7.91. The number of benzene rings is 2. The fourth-order valence-electron chi connectivity index (χ4n) is 2.35. The van der Waals surface area contributed by atoms with Crippen molar-refractivity contribution in [1.82, 2.24) is 4.98 Å². The molecule has 1 aromatic heterocycles. The molecule has 0 atom stereocenters. The topological polar surface area (TPSA) is 72.6 Å². The molecule has 0 fully saturated rings. The molecular formula is C18H18N2O4S. The van der Waals surface area contributed by atoms with Gasteiger partial charge in [-0.3, -0.25) is 0 Å². The molecule has 0 bridgehead atoms. The molecule has 3 rings (SSSR count). The summed E-state index contributed by atoms with van der Waals surface area (Å²) in [6.45, 7) is 0. The Morgan fingerprint density at radius 1 is 1.04 bits per heavy atom. The molecule has 130 valence electrons. The van der Waals surface area contributed by atoms with Crippen molar-refractivity contribution in [2.24, 2.45) is 0 Å². The highest BCUT2D eigenvalue weighted by Crippen LogP contribution is 2.34. The van der Waals surface area contributed by atoms with Gasteiger partial charge in [0.05, 0.1) is 12.0 Å². The van der Waals surface area contributed by atoms with E-state index in [0.29, 0.717) is 11.3 Å². The molecule has 7 heteroatoms. The van der Waals surface area contributed by atoms with Crippen molar-refractivity contribution in [3.05, 3.63) is 54.6 Å². The van der Waals surface area contributed by atoms with E-state index in [0.717, 1.165) is 0 Å². The molecular weight excluding hydrogens is 340 g/mol. The van der Waals surface area contributed by atoms with Gasteiger partial charge in [0.2, 0.25) is 26.6 Å². The maximum Gasteiger partial charge on any atom is 0.235 e. The Balaban J connectivity index is 2.16. The van der Waals surface area contributed by atoms with Crippen molar-refractivity contribution in [3.8, 4) is 17.2 Å². The number of hydrogen-bond donors (Lipinski definition) is 0. The van der Waals surface area contributed by atoms with Crippen LogP contribution in [0.15, 0.2) is 68.9 Å². The van der Waals surface area contributed by atoms with Gasteiger partial charge in [-0.05, 0) is 30.3 Å². The molecule has 0 aliphatic carbocycles. The molecule has 3 aromatic rings. The number of methoxy groups -OCH3 is 1. The summed E-state index contributed by atoms with van der Waals surface area (Å²) < 4.78 is 36.9. The Morgan fingerprint density at radius 3 is 2.40 bits per heavy atom. The fraction of sp³-hybridized carbons (Fsp3) is 0.167. The summed E-state index contributed by atoms with van der Waals surface area (Å²) in [4.78, 5) is 6.03. The minimum atomic E-state index is -3.80. The van der Waals surface area contributed by atoms with Crippen LogP contribution in [0, 0.1) is 0 Å². The number of nitrogens with zero attached hydrogens (tertiary/aromatic N) is 2. The zero-order valence-electron chi connectivity index (χ0n) is 14.1. The van der Waals surface area contributed by atoms with Gasteiger partial charge in [-0.25, -0.2) is 8.42 Å². The van der Waals surface area contributed by atoms with Crippen LogP contribution in [0.3, 0.4) is 0 Å². The highest BCUT2D eigenvalue weighted by atomic mass is 32.2. The van der Waals surface area contributed by atoms with E-state index < -0.39 is 9.84 Å². The Kier molecular flexibility index (Phi) is 4.50. The van der Waals surface area contributed by atoms with Gasteiger partial charge >= 0.3 is 0 Å². The molecule has 0 N–H and O–H groups in total. The van der Waals surface area contributed by atoms with Gasteiger partial charge in [0.1, 0.15) is 5.75 Å². The molecule has 25 heavy (non-hydrogen) atoms. The lowest BCUT2D eigenvalue weighted by atomic mass is 10.2. The van der Waals surface area contributed by atoms with Gasteiger partial charge in [-0.15, -0.1) is 0 Å². The second-order valence-corrected chi connectivity index (χ2v) is 7.44. The summed E-state index contributed by atoms with van der Waals surface area (Å²) >= 11 is 0. The number of ether oxygens (including phenoxy) is 1. The average Bonchev–Trinajstić information content (AvgIpc) is 3.09. The zero-order chi connectivity index (χ0) is 18.0. The molecule has 0 spiro atoms. The normalized spacial score (nSPS) is 11.3. The average molecular weight is 358 g/mol. The van der Waals surface area contributed by atoms with Crippen LogP contribution in [0.4, 0.5) is 5.88 Å². The maximum atomic E-state index is 13.0. The Bertz CT molecular complexity index is 979. The summed E-state index contributed by atoms with van der Waals surface area (Å²) in [5.74, 6) is 1.04. The van der Waals surface area contributed by atoms with E-state index in [2.05, 4.69) is 4.98 Å². The van der Waals surface area contributed by atoms with Crippen LogP contribution in [0.25, 0.3) is 11.5 Å². The lowest BCUT2D eigenvalue weighted by molar-refractivity contribution is 0.414. The van der Waals surface area contributed by atoms with Gasteiger partial charge in [-0.1, -0.05) is 24.3 Å². The zero-order valence-corrected chi connectivity index (χ0v) is 14.9. The van der Waals surface area contributed by atoms with Crippen LogP contribution < -0.4 is 9.64 Å². The lowest BCUT2D eigenvalue weighted by Gasteiger charge is -2.10. The molecule has 0 radical (unpaired) electrons. The van der Waals surface area contributed by atoms with Crippen LogP contribution in [-0.4, -0.2) is 34.6 Å². The van der Waals surface area contributed by atoms with Crippen LogP contribution in [0.5, 0.6) is 5.75 Å². The lowest BCUT2D eigenvalue weighted by Crippen LogP contribution is -2.13. The molecule has 0 saturated carbocycles. The Hall–Kier alpha value is -2.80. The van der Waals surface area contributed by atoms with E-state index in [1.807, 2.05) is 0 Å². The van der Waals surface area contributed by atoms with E-state index in [-0.39, 0.29) is 21.7 Å². The molecule has 1 heterocycles. The molecule has 6 nitrogen and oxygen atoms in total.